The highest BCUT2D eigenvalue weighted by atomic mass is 35.5. The quantitative estimate of drug-likeness (QED) is 0.760. The predicted molar refractivity (Wildman–Crippen MR) is 95.0 cm³/mol. The Labute approximate surface area is 150 Å². The number of amides is 2. The fourth-order valence-corrected chi connectivity index (χ4v) is 3.72. The second-order valence-corrected chi connectivity index (χ2v) is 6.78. The number of rotatable bonds is 1. The first-order chi connectivity index (χ1) is 12.1. The molecule has 0 N–H and O–H groups in total. The molecular weight excluding hydrogens is 343 g/mol. The number of likely N-dealkylation sites (tertiary alicyclic amines) is 1. The second kappa shape index (κ2) is 6.56. The zero-order valence-corrected chi connectivity index (χ0v) is 14.4. The standard InChI is InChI=1S/C19H18ClFN2O2/c20-14-5-6-18-17(11-14)23(9-10-25-18)19(24)22-8-7-13(12-22)15-3-1-2-4-16(15)21/h1-6,11,13H,7-10,12H2. The van der Waals surface area contributed by atoms with Crippen LogP contribution in [0.15, 0.2) is 42.5 Å². The Morgan fingerprint density at radius 1 is 1.20 bits per heavy atom. The van der Waals surface area contributed by atoms with E-state index in [4.69, 9.17) is 16.3 Å². The van der Waals surface area contributed by atoms with Crippen molar-refractivity contribution >= 4 is 23.3 Å². The van der Waals surface area contributed by atoms with Gasteiger partial charge in [0, 0.05) is 24.0 Å². The maximum Gasteiger partial charge on any atom is 0.324 e. The average molecular weight is 361 g/mol. The van der Waals surface area contributed by atoms with Gasteiger partial charge in [0.15, 0.2) is 0 Å². The van der Waals surface area contributed by atoms with Gasteiger partial charge in [-0.15, -0.1) is 0 Å². The summed E-state index contributed by atoms with van der Waals surface area (Å²) in [6.07, 6.45) is 0.763. The fourth-order valence-electron chi connectivity index (χ4n) is 3.55. The molecule has 130 valence electrons. The van der Waals surface area contributed by atoms with Crippen molar-refractivity contribution in [2.24, 2.45) is 0 Å². The van der Waals surface area contributed by atoms with Gasteiger partial charge in [-0.25, -0.2) is 9.18 Å². The van der Waals surface area contributed by atoms with Crippen molar-refractivity contribution in [3.63, 3.8) is 0 Å². The first-order valence-corrected chi connectivity index (χ1v) is 8.74. The van der Waals surface area contributed by atoms with Crippen LogP contribution in [0.25, 0.3) is 0 Å². The van der Waals surface area contributed by atoms with E-state index in [-0.39, 0.29) is 17.8 Å². The van der Waals surface area contributed by atoms with Crippen molar-refractivity contribution in [3.8, 4) is 5.75 Å². The molecule has 1 atom stereocenters. The molecule has 0 saturated carbocycles. The van der Waals surface area contributed by atoms with E-state index in [1.807, 2.05) is 6.07 Å². The van der Waals surface area contributed by atoms with Gasteiger partial charge in [-0.1, -0.05) is 29.8 Å². The number of anilines is 1. The predicted octanol–water partition coefficient (Wildman–Crippen LogP) is 4.29. The number of ether oxygens (including phenoxy) is 1. The molecule has 4 nitrogen and oxygen atoms in total. The second-order valence-electron chi connectivity index (χ2n) is 6.35. The van der Waals surface area contributed by atoms with Gasteiger partial charge in [0.25, 0.3) is 0 Å². The molecular formula is C19H18ClFN2O2. The third kappa shape index (κ3) is 3.04. The van der Waals surface area contributed by atoms with Crippen LogP contribution in [0.4, 0.5) is 14.9 Å². The normalized spacial score (nSPS) is 19.5. The Balaban J connectivity index is 1.54. The minimum Gasteiger partial charge on any atom is -0.490 e. The van der Waals surface area contributed by atoms with Crippen molar-refractivity contribution in [3.05, 3.63) is 58.9 Å². The van der Waals surface area contributed by atoms with Gasteiger partial charge in [0.1, 0.15) is 18.2 Å². The molecule has 2 aliphatic rings. The van der Waals surface area contributed by atoms with Crippen molar-refractivity contribution in [1.82, 2.24) is 4.90 Å². The summed E-state index contributed by atoms with van der Waals surface area (Å²) >= 11 is 6.08. The molecule has 4 rings (SSSR count). The molecule has 2 aromatic carbocycles. The summed E-state index contributed by atoms with van der Waals surface area (Å²) in [7, 11) is 0. The van der Waals surface area contributed by atoms with Crippen LogP contribution < -0.4 is 9.64 Å². The van der Waals surface area contributed by atoms with Gasteiger partial charge in [0.2, 0.25) is 0 Å². The van der Waals surface area contributed by atoms with Crippen LogP contribution >= 0.6 is 11.6 Å². The SMILES string of the molecule is O=C(N1CCC(c2ccccc2F)C1)N1CCOc2ccc(Cl)cc21. The summed E-state index contributed by atoms with van der Waals surface area (Å²) in [5.74, 6) is 0.490. The van der Waals surface area contributed by atoms with E-state index in [1.165, 1.54) is 6.07 Å². The summed E-state index contributed by atoms with van der Waals surface area (Å²) in [5, 5.41) is 0.563. The molecule has 1 unspecified atom stereocenters. The molecule has 2 heterocycles. The zero-order valence-electron chi connectivity index (χ0n) is 13.6. The van der Waals surface area contributed by atoms with E-state index in [1.54, 1.807) is 40.1 Å². The molecule has 0 bridgehead atoms. The molecule has 1 fully saturated rings. The van der Waals surface area contributed by atoms with Gasteiger partial charge < -0.3 is 9.64 Å². The lowest BCUT2D eigenvalue weighted by atomic mass is 9.98. The largest absolute Gasteiger partial charge is 0.490 e. The Kier molecular flexibility index (Phi) is 4.25. The van der Waals surface area contributed by atoms with Crippen LogP contribution in [0.1, 0.15) is 17.9 Å². The molecule has 6 heteroatoms. The van der Waals surface area contributed by atoms with E-state index < -0.39 is 0 Å². The number of urea groups is 1. The number of benzene rings is 2. The van der Waals surface area contributed by atoms with Crippen LogP contribution in [0.2, 0.25) is 5.02 Å². The number of fused-ring (bicyclic) bond motifs is 1. The molecule has 1 saturated heterocycles. The third-order valence-corrected chi connectivity index (χ3v) is 5.05. The fraction of sp³-hybridized carbons (Fsp3) is 0.316. The number of carbonyl (C=O) groups excluding carboxylic acids is 1. The Hall–Kier alpha value is -2.27. The Morgan fingerprint density at radius 3 is 2.88 bits per heavy atom. The van der Waals surface area contributed by atoms with E-state index in [9.17, 15) is 9.18 Å². The highest BCUT2D eigenvalue weighted by molar-refractivity contribution is 6.31. The topological polar surface area (TPSA) is 32.8 Å². The molecule has 0 aromatic heterocycles. The van der Waals surface area contributed by atoms with Gasteiger partial charge in [-0.05, 0) is 36.2 Å². The number of hydrogen-bond acceptors (Lipinski definition) is 2. The van der Waals surface area contributed by atoms with E-state index in [0.717, 1.165) is 6.42 Å². The Morgan fingerprint density at radius 2 is 2.04 bits per heavy atom. The van der Waals surface area contributed by atoms with Crippen LogP contribution in [-0.2, 0) is 0 Å². The summed E-state index contributed by atoms with van der Waals surface area (Å²) < 4.78 is 19.6. The monoisotopic (exact) mass is 360 g/mol. The van der Waals surface area contributed by atoms with E-state index in [2.05, 4.69) is 0 Å². The van der Waals surface area contributed by atoms with E-state index in [0.29, 0.717) is 48.3 Å². The highest BCUT2D eigenvalue weighted by Crippen LogP contribution is 2.36. The lowest BCUT2D eigenvalue weighted by Crippen LogP contribution is -2.45. The number of carbonyl (C=O) groups is 1. The van der Waals surface area contributed by atoms with Crippen LogP contribution in [0.5, 0.6) is 5.75 Å². The lowest BCUT2D eigenvalue weighted by Gasteiger charge is -2.32. The summed E-state index contributed by atoms with van der Waals surface area (Å²) in [4.78, 5) is 16.5. The molecule has 0 aliphatic carbocycles. The van der Waals surface area contributed by atoms with Crippen molar-refractivity contribution in [2.45, 2.75) is 12.3 Å². The van der Waals surface area contributed by atoms with Crippen molar-refractivity contribution in [1.29, 1.82) is 0 Å². The summed E-state index contributed by atoms with van der Waals surface area (Å²) in [5.41, 5.74) is 1.38. The summed E-state index contributed by atoms with van der Waals surface area (Å²) in [6.45, 7) is 2.07. The molecule has 0 radical (unpaired) electrons. The zero-order chi connectivity index (χ0) is 17.4. The first-order valence-electron chi connectivity index (χ1n) is 8.36. The molecule has 2 aromatic rings. The third-order valence-electron chi connectivity index (χ3n) is 4.82. The molecule has 2 amide bonds. The number of halogens is 2. The van der Waals surface area contributed by atoms with Crippen LogP contribution in [0.3, 0.4) is 0 Å². The number of hydrogen-bond donors (Lipinski definition) is 0. The van der Waals surface area contributed by atoms with Crippen LogP contribution in [0, 0.1) is 5.82 Å². The minimum absolute atomic E-state index is 0.0324. The highest BCUT2D eigenvalue weighted by Gasteiger charge is 2.33. The smallest absolute Gasteiger partial charge is 0.324 e. The minimum atomic E-state index is -0.203. The van der Waals surface area contributed by atoms with Gasteiger partial charge in [-0.2, -0.15) is 0 Å². The molecule has 0 spiro atoms. The van der Waals surface area contributed by atoms with Gasteiger partial charge >= 0.3 is 6.03 Å². The maximum atomic E-state index is 14.0. The van der Waals surface area contributed by atoms with Gasteiger partial charge in [-0.3, -0.25) is 4.90 Å². The average Bonchev–Trinajstić information content (AvgIpc) is 3.11. The number of nitrogens with zero attached hydrogens (tertiary/aromatic N) is 2. The van der Waals surface area contributed by atoms with E-state index >= 15 is 0 Å². The first kappa shape index (κ1) is 16.2. The Bertz CT molecular complexity index is 814. The van der Waals surface area contributed by atoms with Gasteiger partial charge in [0.05, 0.1) is 12.2 Å². The maximum absolute atomic E-state index is 14.0. The van der Waals surface area contributed by atoms with Crippen molar-refractivity contribution in [2.75, 3.05) is 31.1 Å². The summed E-state index contributed by atoms with van der Waals surface area (Å²) in [6, 6.07) is 12.0. The molecule has 2 aliphatic heterocycles. The molecule has 25 heavy (non-hydrogen) atoms. The van der Waals surface area contributed by atoms with Crippen LogP contribution in [-0.4, -0.2) is 37.2 Å². The lowest BCUT2D eigenvalue weighted by molar-refractivity contribution is 0.209. The van der Waals surface area contributed by atoms with Crippen molar-refractivity contribution < 1.29 is 13.9 Å².